The molecule has 0 heterocycles. The lowest BCUT2D eigenvalue weighted by Gasteiger charge is -2.11. The summed E-state index contributed by atoms with van der Waals surface area (Å²) in [5.41, 5.74) is 0. The van der Waals surface area contributed by atoms with Gasteiger partial charge >= 0.3 is 0 Å². The number of halogens is 1. The van der Waals surface area contributed by atoms with Gasteiger partial charge in [-0.25, -0.2) is 0 Å². The molecule has 0 amide bonds. The van der Waals surface area contributed by atoms with Crippen molar-refractivity contribution in [3.05, 3.63) is 0 Å². The molecule has 1 unspecified atom stereocenters. The van der Waals surface area contributed by atoms with Crippen molar-refractivity contribution >= 4 is 16.3 Å². The van der Waals surface area contributed by atoms with Crippen molar-refractivity contribution in [2.24, 2.45) is 0 Å². The van der Waals surface area contributed by atoms with Gasteiger partial charge in [-0.3, -0.25) is 0 Å². The van der Waals surface area contributed by atoms with E-state index in [2.05, 4.69) is 30.1 Å². The first-order chi connectivity index (χ1) is 5.85. The second kappa shape index (κ2) is 9.53. The van der Waals surface area contributed by atoms with E-state index in [4.69, 9.17) is 3.83 Å². The van der Waals surface area contributed by atoms with E-state index in [1.54, 1.807) is 0 Å². The molecule has 0 saturated carbocycles. The van der Waals surface area contributed by atoms with Crippen molar-refractivity contribution in [2.75, 3.05) is 0 Å². The summed E-state index contributed by atoms with van der Waals surface area (Å²) in [5, 5.41) is 0. The quantitative estimate of drug-likeness (QED) is 0.566. The molecule has 0 radical (unpaired) electrons. The Bertz CT molecular complexity index is 85.9. The van der Waals surface area contributed by atoms with E-state index in [1.165, 1.54) is 44.9 Å². The summed E-state index contributed by atoms with van der Waals surface area (Å²) in [6.07, 6.45) is 9.37. The van der Waals surface area contributed by atoms with Crippen molar-refractivity contribution < 1.29 is 3.83 Å². The summed E-state index contributed by atoms with van der Waals surface area (Å²) >= 11 is 3.09. The lowest BCUT2D eigenvalue weighted by molar-refractivity contribution is 0.224. The first kappa shape index (κ1) is 12.4. The normalized spacial score (nSPS) is 13.2. The van der Waals surface area contributed by atoms with E-state index in [-0.39, 0.29) is 0 Å². The molecule has 74 valence electrons. The molecule has 1 atom stereocenters. The van der Waals surface area contributed by atoms with Crippen LogP contribution in [0.2, 0.25) is 0 Å². The molecule has 0 saturated heterocycles. The Morgan fingerprint density at radius 2 is 1.75 bits per heavy atom. The second-order valence-electron chi connectivity index (χ2n) is 3.35. The summed E-state index contributed by atoms with van der Waals surface area (Å²) in [5.74, 6) is 0. The molecule has 0 aromatic rings. The molecule has 2 heteroatoms. The number of hydrogen-bond acceptors (Lipinski definition) is 1. The lowest BCUT2D eigenvalue weighted by atomic mass is 10.1. The van der Waals surface area contributed by atoms with Crippen molar-refractivity contribution in [3.8, 4) is 0 Å². The fourth-order valence-electron chi connectivity index (χ4n) is 1.35. The summed E-state index contributed by atoms with van der Waals surface area (Å²) in [7, 11) is 0. The van der Waals surface area contributed by atoms with Gasteiger partial charge in [-0.05, 0) is 12.8 Å². The van der Waals surface area contributed by atoms with E-state index >= 15 is 0 Å². The first-order valence-corrected chi connectivity index (χ1v) is 5.77. The van der Waals surface area contributed by atoms with Gasteiger partial charge < -0.3 is 3.83 Å². The Morgan fingerprint density at radius 1 is 1.00 bits per heavy atom. The van der Waals surface area contributed by atoms with Gasteiger partial charge in [-0.1, -0.05) is 46.0 Å². The lowest BCUT2D eigenvalue weighted by Crippen LogP contribution is -2.06. The molecule has 0 bridgehead atoms. The highest BCUT2D eigenvalue weighted by Crippen LogP contribution is 2.14. The van der Waals surface area contributed by atoms with Gasteiger partial charge in [-0.2, -0.15) is 0 Å². The Labute approximate surface area is 85.3 Å². The summed E-state index contributed by atoms with van der Waals surface area (Å²) < 4.78 is 5.18. The number of rotatable bonds is 8. The van der Waals surface area contributed by atoms with Gasteiger partial charge in [0, 0.05) is 0 Å². The minimum atomic E-state index is 0.437. The molecule has 0 rings (SSSR count). The van der Waals surface area contributed by atoms with Crippen molar-refractivity contribution in [1.82, 2.24) is 0 Å². The second-order valence-corrected chi connectivity index (χ2v) is 3.72. The molecule has 0 N–H and O–H groups in total. The predicted molar refractivity (Wildman–Crippen MR) is 57.5 cm³/mol. The zero-order valence-electron chi connectivity index (χ0n) is 8.31. The van der Waals surface area contributed by atoms with Crippen LogP contribution in [0.4, 0.5) is 0 Å². The Hall–Kier alpha value is 0.440. The minimum Gasteiger partial charge on any atom is -0.305 e. The Morgan fingerprint density at radius 3 is 2.25 bits per heavy atom. The highest BCUT2D eigenvalue weighted by molar-refractivity contribution is 9.06. The predicted octanol–water partition coefficient (Wildman–Crippen LogP) is 4.45. The molecule has 0 fully saturated rings. The maximum absolute atomic E-state index is 5.18. The summed E-state index contributed by atoms with van der Waals surface area (Å²) in [4.78, 5) is 0. The average Bonchev–Trinajstić information content (AvgIpc) is 2.10. The van der Waals surface area contributed by atoms with Crippen LogP contribution in [0.25, 0.3) is 0 Å². The van der Waals surface area contributed by atoms with Crippen molar-refractivity contribution in [3.63, 3.8) is 0 Å². The zero-order valence-corrected chi connectivity index (χ0v) is 9.90. The molecule has 1 nitrogen and oxygen atoms in total. The third-order valence-corrected chi connectivity index (χ3v) is 2.64. The standard InChI is InChI=1S/C10H21BrO/c1-3-5-6-7-9-10(12-11)8-4-2/h10H,3-9H2,1-2H3. The van der Waals surface area contributed by atoms with Crippen LogP contribution in [0.15, 0.2) is 0 Å². The minimum absolute atomic E-state index is 0.437. The third-order valence-electron chi connectivity index (χ3n) is 2.12. The summed E-state index contributed by atoms with van der Waals surface area (Å²) in [6, 6.07) is 0. The molecule has 0 aliphatic heterocycles. The van der Waals surface area contributed by atoms with E-state index < -0.39 is 0 Å². The Balaban J connectivity index is 3.19. The van der Waals surface area contributed by atoms with Gasteiger partial charge in [0.1, 0.15) is 0 Å². The number of hydrogen-bond donors (Lipinski definition) is 0. The van der Waals surface area contributed by atoms with Crippen molar-refractivity contribution in [2.45, 2.75) is 64.9 Å². The molecular weight excluding hydrogens is 216 g/mol. The van der Waals surface area contributed by atoms with Crippen LogP contribution in [0.5, 0.6) is 0 Å². The van der Waals surface area contributed by atoms with Crippen LogP contribution in [0.3, 0.4) is 0 Å². The monoisotopic (exact) mass is 236 g/mol. The summed E-state index contributed by atoms with van der Waals surface area (Å²) in [6.45, 7) is 4.44. The van der Waals surface area contributed by atoms with Crippen LogP contribution >= 0.6 is 16.3 Å². The SMILES string of the molecule is CCCCCCC(CCC)OBr. The molecule has 0 aromatic carbocycles. The third kappa shape index (κ3) is 7.11. The molecule has 0 aromatic heterocycles. The molecule has 0 aliphatic carbocycles. The van der Waals surface area contributed by atoms with Gasteiger partial charge in [0.2, 0.25) is 0 Å². The molecule has 12 heavy (non-hydrogen) atoms. The van der Waals surface area contributed by atoms with Gasteiger partial charge in [0.05, 0.1) is 22.4 Å². The highest BCUT2D eigenvalue weighted by Gasteiger charge is 2.05. The van der Waals surface area contributed by atoms with Crippen LogP contribution in [0.1, 0.15) is 58.8 Å². The average molecular weight is 237 g/mol. The molecule has 0 aliphatic rings. The van der Waals surface area contributed by atoms with Gasteiger partial charge in [0.15, 0.2) is 0 Å². The fourth-order valence-corrected chi connectivity index (χ4v) is 1.73. The fraction of sp³-hybridized carbons (Fsp3) is 1.00. The van der Waals surface area contributed by atoms with Gasteiger partial charge in [-0.15, -0.1) is 0 Å². The van der Waals surface area contributed by atoms with Crippen LogP contribution in [-0.4, -0.2) is 6.10 Å². The smallest absolute Gasteiger partial charge is 0.0990 e. The topological polar surface area (TPSA) is 9.23 Å². The van der Waals surface area contributed by atoms with Crippen molar-refractivity contribution in [1.29, 1.82) is 0 Å². The van der Waals surface area contributed by atoms with Crippen LogP contribution in [-0.2, 0) is 3.83 Å². The first-order valence-electron chi connectivity index (χ1n) is 5.12. The van der Waals surface area contributed by atoms with E-state index in [0.29, 0.717) is 6.10 Å². The zero-order chi connectivity index (χ0) is 9.23. The Kier molecular flexibility index (Phi) is 9.88. The van der Waals surface area contributed by atoms with Gasteiger partial charge in [0.25, 0.3) is 0 Å². The van der Waals surface area contributed by atoms with E-state index in [0.717, 1.165) is 0 Å². The van der Waals surface area contributed by atoms with Crippen LogP contribution in [0, 0.1) is 0 Å². The maximum Gasteiger partial charge on any atom is 0.0990 e. The number of unbranched alkanes of at least 4 members (excludes halogenated alkanes) is 3. The van der Waals surface area contributed by atoms with E-state index in [9.17, 15) is 0 Å². The van der Waals surface area contributed by atoms with E-state index in [1.807, 2.05) is 0 Å². The molecule has 0 spiro atoms. The highest BCUT2D eigenvalue weighted by atomic mass is 79.9. The maximum atomic E-state index is 5.18. The van der Waals surface area contributed by atoms with Crippen LogP contribution < -0.4 is 0 Å². The molecular formula is C10H21BrO. The largest absolute Gasteiger partial charge is 0.305 e.